The van der Waals surface area contributed by atoms with Gasteiger partial charge in [-0.05, 0) is 6.92 Å². The van der Waals surface area contributed by atoms with Crippen LogP contribution in [-0.4, -0.2) is 9.91 Å². The van der Waals surface area contributed by atoms with E-state index in [1.165, 1.54) is 6.92 Å². The fraction of sp³-hybridized carbons (Fsp3) is 0.286. The summed E-state index contributed by atoms with van der Waals surface area (Å²) in [5.74, 6) is 0. The monoisotopic (exact) mass is 222 g/mol. The molecule has 1 heterocycles. The number of nitro groups is 1. The molecule has 0 unspecified atom stereocenters. The molecule has 0 saturated carbocycles. The number of pyridine rings is 1. The summed E-state index contributed by atoms with van der Waals surface area (Å²) in [6.45, 7) is 1.33. The summed E-state index contributed by atoms with van der Waals surface area (Å²) in [7, 11) is 0. The minimum atomic E-state index is -2.87. The Balaban J connectivity index is 3.34. The Bertz CT molecular complexity index is 384. The highest BCUT2D eigenvalue weighted by Gasteiger charge is 2.21. The molecule has 0 spiro atoms. The van der Waals surface area contributed by atoms with E-state index in [2.05, 4.69) is 4.98 Å². The van der Waals surface area contributed by atoms with Crippen molar-refractivity contribution >= 4 is 17.3 Å². The van der Waals surface area contributed by atoms with Crippen molar-refractivity contribution in [2.45, 2.75) is 13.3 Å². The van der Waals surface area contributed by atoms with Crippen molar-refractivity contribution in [1.29, 1.82) is 0 Å². The predicted molar refractivity (Wildman–Crippen MR) is 45.6 cm³/mol. The van der Waals surface area contributed by atoms with Gasteiger partial charge in [-0.2, -0.15) is 0 Å². The largest absolute Gasteiger partial charge is 0.291 e. The van der Waals surface area contributed by atoms with Gasteiger partial charge in [-0.1, -0.05) is 11.6 Å². The van der Waals surface area contributed by atoms with Crippen LogP contribution in [0.4, 0.5) is 14.5 Å². The fourth-order valence-corrected chi connectivity index (χ4v) is 1.18. The van der Waals surface area contributed by atoms with Crippen molar-refractivity contribution < 1.29 is 13.7 Å². The molecule has 0 radical (unpaired) electrons. The van der Waals surface area contributed by atoms with Crippen LogP contribution in [0.2, 0.25) is 5.15 Å². The van der Waals surface area contributed by atoms with Crippen LogP contribution < -0.4 is 0 Å². The number of aryl methyl sites for hydroxylation is 1. The van der Waals surface area contributed by atoms with E-state index in [9.17, 15) is 18.9 Å². The molecule has 0 aliphatic heterocycles. The Morgan fingerprint density at radius 1 is 1.64 bits per heavy atom. The maximum Gasteiger partial charge on any atom is 0.291 e. The molecule has 76 valence electrons. The van der Waals surface area contributed by atoms with Crippen LogP contribution >= 0.6 is 11.6 Å². The molecule has 14 heavy (non-hydrogen) atoms. The summed E-state index contributed by atoms with van der Waals surface area (Å²) in [6, 6.07) is 0.745. The summed E-state index contributed by atoms with van der Waals surface area (Å²) < 4.78 is 24.5. The second-order valence-electron chi connectivity index (χ2n) is 2.53. The van der Waals surface area contributed by atoms with Crippen LogP contribution in [-0.2, 0) is 0 Å². The topological polar surface area (TPSA) is 56.0 Å². The smallest absolute Gasteiger partial charge is 0.258 e. The third kappa shape index (κ3) is 1.95. The zero-order valence-corrected chi connectivity index (χ0v) is 7.76. The zero-order chi connectivity index (χ0) is 10.9. The normalized spacial score (nSPS) is 10.6. The highest BCUT2D eigenvalue weighted by molar-refractivity contribution is 6.30. The van der Waals surface area contributed by atoms with Gasteiger partial charge in [0.05, 0.1) is 10.5 Å². The minimum absolute atomic E-state index is 0.0180. The number of rotatable bonds is 2. The SMILES string of the molecule is Cc1nc(Cl)c(C(F)F)cc1[N+](=O)[O-]. The molecule has 0 atom stereocenters. The molecule has 1 rings (SSSR count). The molecule has 0 bridgehead atoms. The van der Waals surface area contributed by atoms with Crippen LogP contribution in [0.3, 0.4) is 0 Å². The van der Waals surface area contributed by atoms with E-state index in [1.54, 1.807) is 0 Å². The number of nitrogens with zero attached hydrogens (tertiary/aromatic N) is 2. The van der Waals surface area contributed by atoms with E-state index in [-0.39, 0.29) is 5.69 Å². The minimum Gasteiger partial charge on any atom is -0.258 e. The first-order chi connectivity index (χ1) is 6.43. The number of hydrogen-bond donors (Lipinski definition) is 0. The van der Waals surface area contributed by atoms with Gasteiger partial charge < -0.3 is 0 Å². The Morgan fingerprint density at radius 2 is 2.21 bits per heavy atom. The van der Waals surface area contributed by atoms with Crippen molar-refractivity contribution in [3.8, 4) is 0 Å². The Kier molecular flexibility index (Phi) is 2.95. The molecule has 0 aliphatic rings. The van der Waals surface area contributed by atoms with Crippen LogP contribution in [0.5, 0.6) is 0 Å². The Hall–Kier alpha value is -1.30. The van der Waals surface area contributed by atoms with Crippen molar-refractivity contribution in [2.24, 2.45) is 0 Å². The second-order valence-corrected chi connectivity index (χ2v) is 2.89. The maximum absolute atomic E-state index is 12.3. The lowest BCUT2D eigenvalue weighted by molar-refractivity contribution is -0.385. The van der Waals surface area contributed by atoms with Crippen LogP contribution in [0, 0.1) is 17.0 Å². The molecule has 0 saturated heterocycles. The highest BCUT2D eigenvalue weighted by atomic mass is 35.5. The van der Waals surface area contributed by atoms with E-state index >= 15 is 0 Å². The average Bonchev–Trinajstić information content (AvgIpc) is 2.02. The Morgan fingerprint density at radius 3 is 2.64 bits per heavy atom. The van der Waals surface area contributed by atoms with Gasteiger partial charge in [0, 0.05) is 6.07 Å². The maximum atomic E-state index is 12.3. The molecule has 0 amide bonds. The molecule has 0 aromatic carbocycles. The molecule has 1 aromatic heterocycles. The van der Waals surface area contributed by atoms with E-state index in [1.807, 2.05) is 0 Å². The molecular weight excluding hydrogens is 218 g/mol. The first-order valence-electron chi connectivity index (χ1n) is 3.53. The first-order valence-corrected chi connectivity index (χ1v) is 3.91. The third-order valence-corrected chi connectivity index (χ3v) is 1.90. The number of aromatic nitrogens is 1. The predicted octanol–water partition coefficient (Wildman–Crippen LogP) is 2.89. The first kappa shape index (κ1) is 10.8. The van der Waals surface area contributed by atoms with Crippen LogP contribution in [0.1, 0.15) is 17.7 Å². The third-order valence-electron chi connectivity index (χ3n) is 1.60. The van der Waals surface area contributed by atoms with Gasteiger partial charge in [-0.3, -0.25) is 10.1 Å². The van der Waals surface area contributed by atoms with E-state index in [0.717, 1.165) is 6.07 Å². The lowest BCUT2D eigenvalue weighted by Gasteiger charge is -2.03. The van der Waals surface area contributed by atoms with Crippen molar-refractivity contribution in [2.75, 3.05) is 0 Å². The number of halogens is 3. The van der Waals surface area contributed by atoms with E-state index < -0.39 is 27.8 Å². The quantitative estimate of drug-likeness (QED) is 0.439. The summed E-state index contributed by atoms with van der Waals surface area (Å²) >= 11 is 5.39. The average molecular weight is 223 g/mol. The molecule has 0 N–H and O–H groups in total. The molecular formula is C7H5ClF2N2O2. The van der Waals surface area contributed by atoms with Gasteiger partial charge in [-0.25, -0.2) is 13.8 Å². The summed E-state index contributed by atoms with van der Waals surface area (Å²) in [5.41, 5.74) is -1.06. The summed E-state index contributed by atoms with van der Waals surface area (Å²) in [4.78, 5) is 13.1. The zero-order valence-electron chi connectivity index (χ0n) is 7.00. The molecule has 4 nitrogen and oxygen atoms in total. The number of alkyl halides is 2. The standard InChI is InChI=1S/C7H5ClF2N2O2/c1-3-5(12(13)14)2-4(7(9)10)6(8)11-3/h2,7H,1H3. The van der Waals surface area contributed by atoms with Gasteiger partial charge in [0.15, 0.2) is 0 Å². The van der Waals surface area contributed by atoms with Gasteiger partial charge in [0.1, 0.15) is 10.8 Å². The second kappa shape index (κ2) is 3.83. The summed E-state index contributed by atoms with van der Waals surface area (Å²) in [5, 5.41) is 9.99. The lowest BCUT2D eigenvalue weighted by atomic mass is 10.2. The Labute approximate surface area is 82.7 Å². The molecule has 0 aliphatic carbocycles. The van der Waals surface area contributed by atoms with Crippen LogP contribution in [0.25, 0.3) is 0 Å². The van der Waals surface area contributed by atoms with Crippen molar-refractivity contribution in [3.05, 3.63) is 32.6 Å². The van der Waals surface area contributed by atoms with Gasteiger partial charge >= 0.3 is 0 Å². The number of hydrogen-bond acceptors (Lipinski definition) is 3. The highest BCUT2D eigenvalue weighted by Crippen LogP contribution is 2.30. The fourth-order valence-electron chi connectivity index (χ4n) is 0.918. The van der Waals surface area contributed by atoms with Crippen molar-refractivity contribution in [3.63, 3.8) is 0 Å². The van der Waals surface area contributed by atoms with Crippen LogP contribution in [0.15, 0.2) is 6.07 Å². The van der Waals surface area contributed by atoms with E-state index in [0.29, 0.717) is 0 Å². The van der Waals surface area contributed by atoms with Gasteiger partial charge in [0.25, 0.3) is 12.1 Å². The molecule has 1 aromatic rings. The van der Waals surface area contributed by atoms with E-state index in [4.69, 9.17) is 11.6 Å². The van der Waals surface area contributed by atoms with Gasteiger partial charge in [0.2, 0.25) is 0 Å². The van der Waals surface area contributed by atoms with Gasteiger partial charge in [-0.15, -0.1) is 0 Å². The lowest BCUT2D eigenvalue weighted by Crippen LogP contribution is -1.98. The van der Waals surface area contributed by atoms with Crippen molar-refractivity contribution in [1.82, 2.24) is 4.98 Å². The molecule has 0 fully saturated rings. The molecule has 7 heteroatoms. The summed E-state index contributed by atoms with van der Waals surface area (Å²) in [6.07, 6.45) is -2.87.